The van der Waals surface area contributed by atoms with Gasteiger partial charge in [-0.3, -0.25) is 4.90 Å². The Kier molecular flexibility index (Phi) is 9.02. The van der Waals surface area contributed by atoms with E-state index in [1.165, 1.54) is 36.9 Å². The number of hydrogen-bond donors (Lipinski definition) is 1. The van der Waals surface area contributed by atoms with Gasteiger partial charge in [-0.2, -0.15) is 0 Å². The number of amides is 2. The van der Waals surface area contributed by atoms with E-state index >= 15 is 0 Å². The minimum atomic E-state index is 0.0344. The average Bonchev–Trinajstić information content (AvgIpc) is 2.97. The van der Waals surface area contributed by atoms with Gasteiger partial charge in [0.1, 0.15) is 11.6 Å². The SMILES string of the molecule is CN(C)C(=O)N[C@H]1CC[C@H](CCN2CCN(c3cc(-c4ccccc4)cc(N4CCOCC4)n3)CC2)CC1. The molecule has 2 aromatic rings. The first-order valence-electron chi connectivity index (χ1n) is 14.4. The van der Waals surface area contributed by atoms with Crippen molar-refractivity contribution in [2.45, 2.75) is 38.1 Å². The van der Waals surface area contributed by atoms with Crippen molar-refractivity contribution >= 4 is 17.7 Å². The smallest absolute Gasteiger partial charge is 0.317 e. The number of hydrogen-bond acceptors (Lipinski definition) is 6. The lowest BCUT2D eigenvalue weighted by Crippen LogP contribution is -2.47. The maximum absolute atomic E-state index is 11.9. The highest BCUT2D eigenvalue weighted by Crippen LogP contribution is 2.30. The zero-order valence-corrected chi connectivity index (χ0v) is 23.1. The molecular formula is C30H44N6O2. The van der Waals surface area contributed by atoms with Crippen LogP contribution in [0.4, 0.5) is 16.4 Å². The molecule has 1 aliphatic carbocycles. The fourth-order valence-electron chi connectivity index (χ4n) is 5.88. The summed E-state index contributed by atoms with van der Waals surface area (Å²) in [5.74, 6) is 2.93. The van der Waals surface area contributed by atoms with Gasteiger partial charge in [-0.05, 0) is 67.8 Å². The van der Waals surface area contributed by atoms with Crippen LogP contribution in [0, 0.1) is 5.92 Å². The molecular weight excluding hydrogens is 476 g/mol. The number of carbonyl (C=O) groups excluding carboxylic acids is 1. The third-order valence-electron chi connectivity index (χ3n) is 8.37. The van der Waals surface area contributed by atoms with Crippen molar-refractivity contribution in [1.82, 2.24) is 20.1 Å². The summed E-state index contributed by atoms with van der Waals surface area (Å²) in [6.45, 7) is 8.66. The first-order valence-corrected chi connectivity index (χ1v) is 14.4. The quantitative estimate of drug-likeness (QED) is 0.597. The van der Waals surface area contributed by atoms with E-state index in [0.717, 1.165) is 82.9 Å². The molecule has 1 saturated carbocycles. The molecule has 0 spiro atoms. The lowest BCUT2D eigenvalue weighted by Gasteiger charge is -2.37. The Labute approximate surface area is 227 Å². The van der Waals surface area contributed by atoms with Crippen molar-refractivity contribution in [3.05, 3.63) is 42.5 Å². The van der Waals surface area contributed by atoms with E-state index in [4.69, 9.17) is 9.72 Å². The van der Waals surface area contributed by atoms with Crippen molar-refractivity contribution in [2.24, 2.45) is 5.92 Å². The first kappa shape index (κ1) is 26.8. The zero-order chi connectivity index (χ0) is 26.3. The van der Waals surface area contributed by atoms with Gasteiger partial charge >= 0.3 is 6.03 Å². The summed E-state index contributed by atoms with van der Waals surface area (Å²) in [7, 11) is 3.61. The molecule has 1 aromatic heterocycles. The number of benzene rings is 1. The molecule has 0 radical (unpaired) electrons. The molecule has 2 saturated heterocycles. The molecule has 0 atom stereocenters. The van der Waals surface area contributed by atoms with Crippen LogP contribution < -0.4 is 15.1 Å². The summed E-state index contributed by atoms with van der Waals surface area (Å²) in [6, 6.07) is 15.5. The summed E-state index contributed by atoms with van der Waals surface area (Å²) in [4.78, 5) is 26.1. The highest BCUT2D eigenvalue weighted by molar-refractivity contribution is 5.74. The van der Waals surface area contributed by atoms with Crippen LogP contribution >= 0.6 is 0 Å². The van der Waals surface area contributed by atoms with E-state index in [2.05, 4.69) is 62.5 Å². The van der Waals surface area contributed by atoms with Gasteiger partial charge < -0.3 is 24.8 Å². The van der Waals surface area contributed by atoms with E-state index in [0.29, 0.717) is 6.04 Å². The lowest BCUT2D eigenvalue weighted by molar-refractivity contribution is 0.122. The molecule has 0 bridgehead atoms. The third-order valence-corrected chi connectivity index (χ3v) is 8.37. The van der Waals surface area contributed by atoms with E-state index in [1.807, 2.05) is 0 Å². The van der Waals surface area contributed by atoms with E-state index in [-0.39, 0.29) is 6.03 Å². The molecule has 3 heterocycles. The predicted molar refractivity (Wildman–Crippen MR) is 154 cm³/mol. The Hall–Kier alpha value is -2.84. The summed E-state index contributed by atoms with van der Waals surface area (Å²) in [5, 5.41) is 3.16. The normalized spacial score (nSPS) is 22.8. The maximum atomic E-state index is 11.9. The monoisotopic (exact) mass is 520 g/mol. The number of nitrogens with zero attached hydrogens (tertiary/aromatic N) is 5. The molecule has 2 aliphatic heterocycles. The largest absolute Gasteiger partial charge is 0.378 e. The summed E-state index contributed by atoms with van der Waals surface area (Å²) in [5.41, 5.74) is 2.47. The molecule has 206 valence electrons. The van der Waals surface area contributed by atoms with E-state index in [1.54, 1.807) is 19.0 Å². The molecule has 8 heteroatoms. The second kappa shape index (κ2) is 12.8. The number of aromatic nitrogens is 1. The van der Waals surface area contributed by atoms with Gasteiger partial charge in [-0.1, -0.05) is 30.3 Å². The third kappa shape index (κ3) is 6.97. The topological polar surface area (TPSA) is 64.2 Å². The van der Waals surface area contributed by atoms with Crippen molar-refractivity contribution < 1.29 is 9.53 Å². The number of pyridine rings is 1. The van der Waals surface area contributed by atoms with Crippen molar-refractivity contribution in [3.8, 4) is 11.1 Å². The number of ether oxygens (including phenoxy) is 1. The Morgan fingerprint density at radius 3 is 2.16 bits per heavy atom. The molecule has 1 aromatic carbocycles. The molecule has 5 rings (SSSR count). The molecule has 0 unspecified atom stereocenters. The summed E-state index contributed by atoms with van der Waals surface area (Å²) in [6.07, 6.45) is 5.91. The van der Waals surface area contributed by atoms with Crippen LogP contribution in [0.5, 0.6) is 0 Å². The van der Waals surface area contributed by atoms with Crippen LogP contribution in [-0.4, -0.2) is 100.0 Å². The second-order valence-electron chi connectivity index (χ2n) is 11.2. The number of morpholine rings is 1. The van der Waals surface area contributed by atoms with Gasteiger partial charge in [-0.15, -0.1) is 0 Å². The lowest BCUT2D eigenvalue weighted by atomic mass is 9.84. The molecule has 1 N–H and O–H groups in total. The number of rotatable bonds is 7. The zero-order valence-electron chi connectivity index (χ0n) is 23.1. The molecule has 3 fully saturated rings. The van der Waals surface area contributed by atoms with E-state index in [9.17, 15) is 4.79 Å². The molecule has 38 heavy (non-hydrogen) atoms. The van der Waals surface area contributed by atoms with E-state index < -0.39 is 0 Å². The number of urea groups is 1. The van der Waals surface area contributed by atoms with Crippen molar-refractivity contribution in [1.29, 1.82) is 0 Å². The Balaban J connectivity index is 1.14. The van der Waals surface area contributed by atoms with Gasteiger partial charge in [0.15, 0.2) is 0 Å². The number of piperazine rings is 1. The molecule has 3 aliphatic rings. The van der Waals surface area contributed by atoms with Crippen molar-refractivity contribution in [2.75, 3.05) is 82.9 Å². The minimum Gasteiger partial charge on any atom is -0.378 e. The van der Waals surface area contributed by atoms with Crippen LogP contribution in [0.3, 0.4) is 0 Å². The summed E-state index contributed by atoms with van der Waals surface area (Å²) >= 11 is 0. The van der Waals surface area contributed by atoms with Gasteiger partial charge in [0.05, 0.1) is 13.2 Å². The van der Waals surface area contributed by atoms with Gasteiger partial charge in [0.2, 0.25) is 0 Å². The highest BCUT2D eigenvalue weighted by atomic mass is 16.5. The van der Waals surface area contributed by atoms with Gasteiger partial charge in [0, 0.05) is 59.4 Å². The van der Waals surface area contributed by atoms with Crippen LogP contribution in [0.1, 0.15) is 32.1 Å². The number of carbonyl (C=O) groups is 1. The Morgan fingerprint density at radius 1 is 0.895 bits per heavy atom. The maximum Gasteiger partial charge on any atom is 0.317 e. The average molecular weight is 521 g/mol. The molecule has 2 amide bonds. The predicted octanol–water partition coefficient (Wildman–Crippen LogP) is 3.93. The minimum absolute atomic E-state index is 0.0344. The van der Waals surface area contributed by atoms with Crippen LogP contribution in [-0.2, 0) is 4.74 Å². The fraction of sp³-hybridized carbons (Fsp3) is 0.600. The number of nitrogens with one attached hydrogen (secondary N) is 1. The fourth-order valence-corrected chi connectivity index (χ4v) is 5.88. The van der Waals surface area contributed by atoms with Crippen LogP contribution in [0.25, 0.3) is 11.1 Å². The van der Waals surface area contributed by atoms with Gasteiger partial charge in [-0.25, -0.2) is 9.78 Å². The number of anilines is 2. The molecule has 8 nitrogen and oxygen atoms in total. The second-order valence-corrected chi connectivity index (χ2v) is 11.2. The first-order chi connectivity index (χ1) is 18.5. The van der Waals surface area contributed by atoms with Gasteiger partial charge in [0.25, 0.3) is 0 Å². The Bertz CT molecular complexity index is 1030. The standard InChI is InChI=1S/C30H44N6O2/c1-33(2)30(37)31-27-10-8-24(9-11-27)12-13-34-14-16-35(17-15-34)28-22-26(25-6-4-3-5-7-25)23-29(32-28)36-18-20-38-21-19-36/h3-7,22-24,27H,8-21H2,1-2H3,(H,31,37)/t24-,27-. The van der Waals surface area contributed by atoms with Crippen LogP contribution in [0.15, 0.2) is 42.5 Å². The summed E-state index contributed by atoms with van der Waals surface area (Å²) < 4.78 is 5.59. The van der Waals surface area contributed by atoms with Crippen LogP contribution in [0.2, 0.25) is 0 Å². The van der Waals surface area contributed by atoms with Crippen molar-refractivity contribution in [3.63, 3.8) is 0 Å². The Morgan fingerprint density at radius 2 is 1.53 bits per heavy atom. The highest BCUT2D eigenvalue weighted by Gasteiger charge is 2.25.